The third-order valence-electron chi connectivity index (χ3n) is 7.35. The summed E-state index contributed by atoms with van der Waals surface area (Å²) in [5, 5.41) is 0. The molecule has 0 N–H and O–H groups in total. The SMILES string of the molecule is COc1ccc(-c2cnc(-c3cnc(-c4cc(C)c(C)c(OC)c4)c(C)c3)c(/C=C/c3ccccc3)c2)cc1OC. The maximum Gasteiger partial charge on any atom is 0.161 e. The number of rotatable bonds is 8. The van der Waals surface area contributed by atoms with Crippen LogP contribution in [0.4, 0.5) is 0 Å². The van der Waals surface area contributed by atoms with Gasteiger partial charge in [-0.15, -0.1) is 0 Å². The van der Waals surface area contributed by atoms with E-state index in [0.717, 1.165) is 61.6 Å². The molecule has 0 unspecified atom stereocenters. The number of hydrogen-bond acceptors (Lipinski definition) is 5. The van der Waals surface area contributed by atoms with E-state index in [1.54, 1.807) is 21.3 Å². The van der Waals surface area contributed by atoms with Gasteiger partial charge in [0.15, 0.2) is 11.5 Å². The van der Waals surface area contributed by atoms with Gasteiger partial charge in [0.1, 0.15) is 5.75 Å². The summed E-state index contributed by atoms with van der Waals surface area (Å²) in [7, 11) is 4.99. The number of hydrogen-bond donors (Lipinski definition) is 0. The molecule has 0 fully saturated rings. The Kier molecular flexibility index (Phi) is 8.16. The van der Waals surface area contributed by atoms with Gasteiger partial charge >= 0.3 is 0 Å². The molecule has 5 heteroatoms. The van der Waals surface area contributed by atoms with Crippen LogP contribution in [0.5, 0.6) is 17.2 Å². The molecule has 41 heavy (non-hydrogen) atoms. The predicted octanol–water partition coefficient (Wildman–Crippen LogP) is 8.60. The highest BCUT2D eigenvalue weighted by Gasteiger charge is 2.14. The van der Waals surface area contributed by atoms with Gasteiger partial charge in [0.05, 0.1) is 32.7 Å². The topological polar surface area (TPSA) is 53.5 Å². The largest absolute Gasteiger partial charge is 0.496 e. The molecule has 0 atom stereocenters. The number of aromatic nitrogens is 2. The Morgan fingerprint density at radius 1 is 0.537 bits per heavy atom. The summed E-state index contributed by atoms with van der Waals surface area (Å²) in [4.78, 5) is 9.85. The quantitative estimate of drug-likeness (QED) is 0.196. The minimum absolute atomic E-state index is 0.675. The Labute approximate surface area is 242 Å². The minimum Gasteiger partial charge on any atom is -0.496 e. The molecule has 0 spiro atoms. The van der Waals surface area contributed by atoms with Crippen LogP contribution in [0.2, 0.25) is 0 Å². The van der Waals surface area contributed by atoms with Gasteiger partial charge in [0.25, 0.3) is 0 Å². The molecule has 5 nitrogen and oxygen atoms in total. The first kappa shape index (κ1) is 27.7. The van der Waals surface area contributed by atoms with Gasteiger partial charge in [-0.3, -0.25) is 9.97 Å². The first-order valence-corrected chi connectivity index (χ1v) is 13.5. The molecule has 0 aliphatic rings. The van der Waals surface area contributed by atoms with Gasteiger partial charge in [-0.1, -0.05) is 48.6 Å². The van der Waals surface area contributed by atoms with Crippen molar-refractivity contribution in [2.24, 2.45) is 0 Å². The summed E-state index contributed by atoms with van der Waals surface area (Å²) >= 11 is 0. The van der Waals surface area contributed by atoms with Crippen molar-refractivity contribution in [1.82, 2.24) is 9.97 Å². The molecule has 0 amide bonds. The Balaban J connectivity index is 1.59. The standard InChI is InChI=1S/C36H34N2O3/c1-23-16-29(20-33(40-5)25(23)3)35-24(2)17-31(22-37-35)36-28(13-12-26-10-8-7-9-11-26)18-30(21-38-36)27-14-15-32(39-4)34(19-27)41-6/h7-22H,1-6H3/b13-12+. The fraction of sp³-hybridized carbons (Fsp3) is 0.167. The van der Waals surface area contributed by atoms with Crippen LogP contribution in [0.15, 0.2) is 85.2 Å². The molecule has 0 radical (unpaired) electrons. The van der Waals surface area contributed by atoms with Gasteiger partial charge in [-0.05, 0) is 85.0 Å². The number of benzene rings is 3. The molecule has 0 bridgehead atoms. The Bertz CT molecular complexity index is 1730. The third kappa shape index (κ3) is 5.85. The lowest BCUT2D eigenvalue weighted by Crippen LogP contribution is -1.97. The number of nitrogens with zero attached hydrogens (tertiary/aromatic N) is 2. The summed E-state index contributed by atoms with van der Waals surface area (Å²) in [5.74, 6) is 2.23. The van der Waals surface area contributed by atoms with E-state index in [1.807, 2.05) is 48.8 Å². The van der Waals surface area contributed by atoms with Crippen LogP contribution < -0.4 is 14.2 Å². The molecule has 3 aromatic carbocycles. The zero-order valence-corrected chi connectivity index (χ0v) is 24.4. The van der Waals surface area contributed by atoms with Gasteiger partial charge in [-0.25, -0.2) is 0 Å². The Hall–Kier alpha value is -4.90. The fourth-order valence-corrected chi connectivity index (χ4v) is 4.96. The van der Waals surface area contributed by atoms with Crippen molar-refractivity contribution in [1.29, 1.82) is 0 Å². The van der Waals surface area contributed by atoms with E-state index >= 15 is 0 Å². The zero-order valence-electron chi connectivity index (χ0n) is 24.4. The van der Waals surface area contributed by atoms with Gasteiger partial charge in [-0.2, -0.15) is 0 Å². The highest BCUT2D eigenvalue weighted by Crippen LogP contribution is 2.36. The van der Waals surface area contributed by atoms with Crippen LogP contribution in [0.3, 0.4) is 0 Å². The molecule has 206 valence electrons. The summed E-state index contributed by atoms with van der Waals surface area (Å²) in [6, 6.07) is 24.7. The minimum atomic E-state index is 0.675. The van der Waals surface area contributed by atoms with Crippen LogP contribution >= 0.6 is 0 Å². The normalized spacial score (nSPS) is 11.1. The average molecular weight is 543 g/mol. The molecule has 2 aromatic heterocycles. The van der Waals surface area contributed by atoms with E-state index in [-0.39, 0.29) is 0 Å². The second kappa shape index (κ2) is 12.1. The van der Waals surface area contributed by atoms with Crippen LogP contribution in [0.1, 0.15) is 27.8 Å². The van der Waals surface area contributed by atoms with Crippen molar-refractivity contribution in [2.75, 3.05) is 21.3 Å². The number of pyridine rings is 2. The van der Waals surface area contributed by atoms with Crippen molar-refractivity contribution in [2.45, 2.75) is 20.8 Å². The molecule has 2 heterocycles. The van der Waals surface area contributed by atoms with E-state index in [1.165, 1.54) is 5.56 Å². The van der Waals surface area contributed by atoms with Crippen LogP contribution in [0, 0.1) is 20.8 Å². The molecule has 5 aromatic rings. The fourth-order valence-electron chi connectivity index (χ4n) is 4.96. The lowest BCUT2D eigenvalue weighted by molar-refractivity contribution is 0.355. The molecule has 0 aliphatic heterocycles. The second-order valence-corrected chi connectivity index (χ2v) is 9.99. The first-order chi connectivity index (χ1) is 19.9. The number of aryl methyl sites for hydroxylation is 2. The third-order valence-corrected chi connectivity index (χ3v) is 7.35. The number of ether oxygens (including phenoxy) is 3. The molecular formula is C36H34N2O3. The average Bonchev–Trinajstić information content (AvgIpc) is 3.01. The smallest absolute Gasteiger partial charge is 0.161 e. The van der Waals surface area contributed by atoms with Crippen molar-refractivity contribution < 1.29 is 14.2 Å². The van der Waals surface area contributed by atoms with E-state index < -0.39 is 0 Å². The summed E-state index contributed by atoms with van der Waals surface area (Å²) in [5.41, 5.74) is 11.2. The van der Waals surface area contributed by atoms with Crippen molar-refractivity contribution in [3.63, 3.8) is 0 Å². The van der Waals surface area contributed by atoms with Crippen molar-refractivity contribution in [3.05, 3.63) is 113 Å². The molecule has 0 aliphatic carbocycles. The van der Waals surface area contributed by atoms with E-state index in [4.69, 9.17) is 24.2 Å². The van der Waals surface area contributed by atoms with Crippen molar-refractivity contribution in [3.8, 4) is 50.9 Å². The van der Waals surface area contributed by atoms with Crippen LogP contribution in [0.25, 0.3) is 45.8 Å². The van der Waals surface area contributed by atoms with E-state index in [9.17, 15) is 0 Å². The summed E-state index contributed by atoms with van der Waals surface area (Å²) in [6.45, 7) is 6.26. The zero-order chi connectivity index (χ0) is 28.9. The number of methoxy groups -OCH3 is 3. The Morgan fingerprint density at radius 2 is 1.20 bits per heavy atom. The second-order valence-electron chi connectivity index (χ2n) is 9.99. The van der Waals surface area contributed by atoms with Gasteiger partial charge in [0.2, 0.25) is 0 Å². The Morgan fingerprint density at radius 3 is 1.90 bits per heavy atom. The van der Waals surface area contributed by atoms with E-state index in [0.29, 0.717) is 11.5 Å². The molecule has 0 saturated heterocycles. The monoisotopic (exact) mass is 542 g/mol. The maximum absolute atomic E-state index is 5.61. The lowest BCUT2D eigenvalue weighted by Gasteiger charge is -2.14. The van der Waals surface area contributed by atoms with E-state index in [2.05, 4.69) is 69.3 Å². The van der Waals surface area contributed by atoms with Gasteiger partial charge < -0.3 is 14.2 Å². The predicted molar refractivity (Wildman–Crippen MR) is 168 cm³/mol. The summed E-state index contributed by atoms with van der Waals surface area (Å²) in [6.07, 6.45) is 8.02. The lowest BCUT2D eigenvalue weighted by atomic mass is 9.97. The highest BCUT2D eigenvalue weighted by atomic mass is 16.5. The summed E-state index contributed by atoms with van der Waals surface area (Å²) < 4.78 is 16.6. The van der Waals surface area contributed by atoms with Crippen molar-refractivity contribution >= 4 is 12.2 Å². The molecule has 0 saturated carbocycles. The highest BCUT2D eigenvalue weighted by molar-refractivity contribution is 5.82. The molecule has 5 rings (SSSR count). The first-order valence-electron chi connectivity index (χ1n) is 13.5. The van der Waals surface area contributed by atoms with Crippen LogP contribution in [-0.4, -0.2) is 31.3 Å². The van der Waals surface area contributed by atoms with Gasteiger partial charge in [0, 0.05) is 34.6 Å². The van der Waals surface area contributed by atoms with Crippen LogP contribution in [-0.2, 0) is 0 Å². The maximum atomic E-state index is 5.61. The molecular weight excluding hydrogens is 508 g/mol.